The van der Waals surface area contributed by atoms with E-state index in [0.717, 1.165) is 38.4 Å². The second-order valence-corrected chi connectivity index (χ2v) is 6.70. The molecule has 8 heteroatoms. The molecule has 3 rings (SSSR count). The molecular formula is C19H27N7O. The molecule has 0 saturated carbocycles. The van der Waals surface area contributed by atoms with Crippen LogP contribution in [-0.2, 0) is 13.6 Å². The normalized spacial score (nSPS) is 15.7. The molecule has 0 unspecified atom stereocenters. The zero-order chi connectivity index (χ0) is 19.4. The van der Waals surface area contributed by atoms with Crippen molar-refractivity contribution >= 4 is 5.70 Å². The van der Waals surface area contributed by atoms with E-state index in [9.17, 15) is 5.11 Å². The lowest BCUT2D eigenvalue weighted by molar-refractivity contribution is 0.153. The second-order valence-electron chi connectivity index (χ2n) is 6.70. The minimum absolute atomic E-state index is 0.126. The molecule has 1 aliphatic rings. The molecule has 7 N–H and O–H groups in total. The number of para-hydroxylation sites is 1. The summed E-state index contributed by atoms with van der Waals surface area (Å²) in [5, 5.41) is 14.4. The van der Waals surface area contributed by atoms with Gasteiger partial charge in [0.05, 0.1) is 11.4 Å². The number of nitrogens with two attached hydrogens (primary N) is 3. The fourth-order valence-corrected chi connectivity index (χ4v) is 3.22. The number of nitrogens with zero attached hydrogens (tertiary/aromatic N) is 4. The third-order valence-electron chi connectivity index (χ3n) is 4.67. The van der Waals surface area contributed by atoms with Gasteiger partial charge in [0.25, 0.3) is 0 Å². The first-order chi connectivity index (χ1) is 12.9. The van der Waals surface area contributed by atoms with Crippen molar-refractivity contribution in [3.05, 3.63) is 65.4 Å². The summed E-state index contributed by atoms with van der Waals surface area (Å²) >= 11 is 0. The summed E-state index contributed by atoms with van der Waals surface area (Å²) in [6, 6.07) is 8.96. The van der Waals surface area contributed by atoms with E-state index in [1.54, 1.807) is 24.3 Å². The van der Waals surface area contributed by atoms with Crippen molar-refractivity contribution in [3.63, 3.8) is 0 Å². The fraction of sp³-hybridized carbons (Fsp3) is 0.316. The highest BCUT2D eigenvalue weighted by Crippen LogP contribution is 2.23. The van der Waals surface area contributed by atoms with E-state index < -0.39 is 0 Å². The number of hydrogen-bond acceptors (Lipinski definition) is 7. The Bertz CT molecular complexity index is 843. The summed E-state index contributed by atoms with van der Waals surface area (Å²) in [6.45, 7) is 4.13. The van der Waals surface area contributed by atoms with Crippen LogP contribution in [0.3, 0.4) is 0 Å². The number of allylic oxidation sites excluding steroid dienone is 1. The number of piperazine rings is 1. The molecule has 1 aromatic heterocycles. The van der Waals surface area contributed by atoms with E-state index in [0.29, 0.717) is 17.0 Å². The van der Waals surface area contributed by atoms with Crippen LogP contribution in [0, 0.1) is 0 Å². The SMILES string of the molecule is Cn1ccc(CN2CCN(C(/C=C(\N)c3ccccc3O)=C(N)N)CC2)n1. The van der Waals surface area contributed by atoms with Gasteiger partial charge in [-0.15, -0.1) is 0 Å². The van der Waals surface area contributed by atoms with Crippen molar-refractivity contribution in [1.29, 1.82) is 0 Å². The largest absolute Gasteiger partial charge is 0.507 e. The average Bonchev–Trinajstić information content (AvgIpc) is 3.05. The van der Waals surface area contributed by atoms with Crippen LogP contribution in [0.15, 0.2) is 54.1 Å². The average molecular weight is 369 g/mol. The van der Waals surface area contributed by atoms with E-state index in [4.69, 9.17) is 17.2 Å². The number of aryl methyl sites for hydroxylation is 1. The molecule has 0 radical (unpaired) electrons. The van der Waals surface area contributed by atoms with Crippen LogP contribution in [0.5, 0.6) is 5.75 Å². The monoisotopic (exact) mass is 369 g/mol. The molecule has 0 amide bonds. The lowest BCUT2D eigenvalue weighted by Gasteiger charge is -2.36. The molecule has 27 heavy (non-hydrogen) atoms. The Kier molecular flexibility index (Phi) is 5.56. The fourth-order valence-electron chi connectivity index (χ4n) is 3.22. The van der Waals surface area contributed by atoms with Gasteiger partial charge in [-0.1, -0.05) is 12.1 Å². The second kappa shape index (κ2) is 8.05. The maximum atomic E-state index is 9.99. The van der Waals surface area contributed by atoms with Crippen LogP contribution in [0.4, 0.5) is 0 Å². The molecular weight excluding hydrogens is 342 g/mol. The van der Waals surface area contributed by atoms with Gasteiger partial charge >= 0.3 is 0 Å². The molecule has 8 nitrogen and oxygen atoms in total. The van der Waals surface area contributed by atoms with Crippen LogP contribution in [0.2, 0.25) is 0 Å². The number of phenols is 1. The van der Waals surface area contributed by atoms with Crippen molar-refractivity contribution in [1.82, 2.24) is 19.6 Å². The van der Waals surface area contributed by atoms with Crippen LogP contribution >= 0.6 is 0 Å². The lowest BCUT2D eigenvalue weighted by Crippen LogP contribution is -2.46. The van der Waals surface area contributed by atoms with Gasteiger partial charge in [-0.25, -0.2) is 0 Å². The van der Waals surface area contributed by atoms with Crippen molar-refractivity contribution in [2.24, 2.45) is 24.2 Å². The zero-order valence-electron chi connectivity index (χ0n) is 15.5. The molecule has 1 aromatic carbocycles. The van der Waals surface area contributed by atoms with Crippen LogP contribution in [-0.4, -0.2) is 50.9 Å². The number of phenolic OH excluding ortho intramolecular Hbond substituents is 1. The number of hydrogen-bond donors (Lipinski definition) is 4. The Morgan fingerprint density at radius 2 is 1.81 bits per heavy atom. The van der Waals surface area contributed by atoms with Gasteiger partial charge in [0.15, 0.2) is 0 Å². The Morgan fingerprint density at radius 3 is 2.41 bits per heavy atom. The van der Waals surface area contributed by atoms with Gasteiger partial charge in [-0.3, -0.25) is 9.58 Å². The molecule has 0 atom stereocenters. The van der Waals surface area contributed by atoms with Gasteiger partial charge in [0.2, 0.25) is 0 Å². The van der Waals surface area contributed by atoms with E-state index in [2.05, 4.69) is 14.9 Å². The minimum atomic E-state index is 0.126. The third kappa shape index (κ3) is 4.53. The number of aromatic hydroxyl groups is 1. The molecule has 2 aromatic rings. The Labute approximate surface area is 159 Å². The minimum Gasteiger partial charge on any atom is -0.507 e. The molecule has 0 aliphatic carbocycles. The van der Waals surface area contributed by atoms with Crippen molar-refractivity contribution < 1.29 is 5.11 Å². The molecule has 0 bridgehead atoms. The molecule has 1 saturated heterocycles. The van der Waals surface area contributed by atoms with Crippen LogP contribution in [0.25, 0.3) is 5.70 Å². The summed E-state index contributed by atoms with van der Waals surface area (Å²) < 4.78 is 1.81. The Morgan fingerprint density at radius 1 is 1.11 bits per heavy atom. The Hall–Kier alpha value is -3.13. The molecule has 0 spiro atoms. The standard InChI is InChI=1S/C19H27N7O/c1-24-7-6-14(23-24)13-25-8-10-26(11-9-25)17(19(21)22)12-16(20)15-4-2-3-5-18(15)27/h2-7,12,27H,8-11,13,20-22H2,1H3/b16-12-. The maximum Gasteiger partial charge on any atom is 0.124 e. The van der Waals surface area contributed by atoms with E-state index in [-0.39, 0.29) is 11.6 Å². The highest BCUT2D eigenvalue weighted by Gasteiger charge is 2.20. The first kappa shape index (κ1) is 18.7. The van der Waals surface area contributed by atoms with Crippen LogP contribution in [0.1, 0.15) is 11.3 Å². The van der Waals surface area contributed by atoms with Crippen molar-refractivity contribution in [2.75, 3.05) is 26.2 Å². The summed E-state index contributed by atoms with van der Waals surface area (Å²) in [7, 11) is 1.92. The summed E-state index contributed by atoms with van der Waals surface area (Å²) in [4.78, 5) is 4.47. The van der Waals surface area contributed by atoms with Crippen molar-refractivity contribution in [3.8, 4) is 5.75 Å². The van der Waals surface area contributed by atoms with Crippen LogP contribution < -0.4 is 17.2 Å². The highest BCUT2D eigenvalue weighted by molar-refractivity contribution is 5.69. The predicted molar refractivity (Wildman–Crippen MR) is 106 cm³/mol. The van der Waals surface area contributed by atoms with E-state index in [1.807, 2.05) is 30.1 Å². The first-order valence-electron chi connectivity index (χ1n) is 8.90. The van der Waals surface area contributed by atoms with E-state index >= 15 is 0 Å². The summed E-state index contributed by atoms with van der Waals surface area (Å²) in [5.41, 5.74) is 20.8. The van der Waals surface area contributed by atoms with Gasteiger partial charge in [-0.05, 0) is 24.3 Å². The van der Waals surface area contributed by atoms with Gasteiger partial charge in [-0.2, -0.15) is 5.10 Å². The molecule has 144 valence electrons. The molecule has 2 heterocycles. The third-order valence-corrected chi connectivity index (χ3v) is 4.67. The quantitative estimate of drug-likeness (QED) is 0.560. The first-order valence-corrected chi connectivity index (χ1v) is 8.90. The van der Waals surface area contributed by atoms with Gasteiger partial charge in [0.1, 0.15) is 11.6 Å². The van der Waals surface area contributed by atoms with E-state index in [1.165, 1.54) is 0 Å². The lowest BCUT2D eigenvalue weighted by atomic mass is 10.1. The number of benzene rings is 1. The Balaban J connectivity index is 1.68. The van der Waals surface area contributed by atoms with Gasteiger partial charge < -0.3 is 27.2 Å². The summed E-state index contributed by atoms with van der Waals surface area (Å²) in [6.07, 6.45) is 3.69. The number of aromatic nitrogens is 2. The zero-order valence-corrected chi connectivity index (χ0v) is 15.5. The van der Waals surface area contributed by atoms with Crippen molar-refractivity contribution in [2.45, 2.75) is 6.54 Å². The maximum absolute atomic E-state index is 9.99. The molecule has 1 aliphatic heterocycles. The predicted octanol–water partition coefficient (Wildman–Crippen LogP) is 0.330. The smallest absolute Gasteiger partial charge is 0.124 e. The molecule has 1 fully saturated rings. The number of rotatable bonds is 5. The topological polar surface area (TPSA) is 123 Å². The van der Waals surface area contributed by atoms with Gasteiger partial charge in [0, 0.05) is 57.2 Å². The highest BCUT2D eigenvalue weighted by atomic mass is 16.3. The summed E-state index contributed by atoms with van der Waals surface area (Å²) in [5.74, 6) is 0.341.